The van der Waals surface area contributed by atoms with E-state index < -0.39 is 0 Å². The van der Waals surface area contributed by atoms with Gasteiger partial charge >= 0.3 is 0 Å². The Morgan fingerprint density at radius 2 is 1.57 bits per heavy atom. The molecule has 0 radical (unpaired) electrons. The highest BCUT2D eigenvalue weighted by atomic mass is 79.9. The lowest BCUT2D eigenvalue weighted by Crippen LogP contribution is -2.15. The van der Waals surface area contributed by atoms with Gasteiger partial charge in [-0.05, 0) is 24.7 Å². The van der Waals surface area contributed by atoms with Crippen LogP contribution in [0.5, 0.6) is 0 Å². The molecule has 0 saturated heterocycles. The maximum Gasteiger partial charge on any atom is 0.00596 e. The third-order valence-electron chi connectivity index (χ3n) is 3.65. The van der Waals surface area contributed by atoms with Crippen molar-refractivity contribution in [2.24, 2.45) is 11.8 Å². The van der Waals surface area contributed by atoms with E-state index in [0.29, 0.717) is 0 Å². The summed E-state index contributed by atoms with van der Waals surface area (Å²) in [5.74, 6) is 2.06. The number of alkyl halides is 1. The van der Waals surface area contributed by atoms with Gasteiger partial charge < -0.3 is 0 Å². The Morgan fingerprint density at radius 1 is 0.929 bits per heavy atom. The molecule has 1 fully saturated rings. The van der Waals surface area contributed by atoms with E-state index in [4.69, 9.17) is 0 Å². The summed E-state index contributed by atoms with van der Waals surface area (Å²) in [5.41, 5.74) is 0. The molecule has 84 valence electrons. The van der Waals surface area contributed by atoms with Crippen molar-refractivity contribution in [2.75, 3.05) is 5.33 Å². The molecule has 0 atom stereocenters. The minimum atomic E-state index is 0.988. The van der Waals surface area contributed by atoms with Gasteiger partial charge in [-0.1, -0.05) is 67.8 Å². The number of hydrogen-bond donors (Lipinski definition) is 0. The highest BCUT2D eigenvalue weighted by Gasteiger charge is 2.19. The lowest BCUT2D eigenvalue weighted by Gasteiger charge is -2.27. The van der Waals surface area contributed by atoms with Crippen molar-refractivity contribution < 1.29 is 0 Å². The van der Waals surface area contributed by atoms with E-state index >= 15 is 0 Å². The molecule has 1 aliphatic rings. The lowest BCUT2D eigenvalue weighted by molar-refractivity contribution is 0.275. The summed E-state index contributed by atoms with van der Waals surface area (Å²) in [5, 5.41) is 1.23. The predicted octanol–water partition coefficient (Wildman–Crippen LogP) is 5.16. The van der Waals surface area contributed by atoms with Crippen LogP contribution < -0.4 is 0 Å². The van der Waals surface area contributed by atoms with Crippen LogP contribution >= 0.6 is 15.9 Å². The first kappa shape index (κ1) is 12.5. The van der Waals surface area contributed by atoms with Crippen LogP contribution in [0.15, 0.2) is 0 Å². The Labute approximate surface area is 98.0 Å². The van der Waals surface area contributed by atoms with E-state index in [-0.39, 0.29) is 0 Å². The predicted molar refractivity (Wildman–Crippen MR) is 68.0 cm³/mol. The SMILES string of the molecule is CCCCCCC1CCC(CBr)CC1. The topological polar surface area (TPSA) is 0 Å². The summed E-state index contributed by atoms with van der Waals surface area (Å²) < 4.78 is 0. The van der Waals surface area contributed by atoms with Crippen molar-refractivity contribution in [1.82, 2.24) is 0 Å². The van der Waals surface area contributed by atoms with E-state index in [1.807, 2.05) is 0 Å². The van der Waals surface area contributed by atoms with Crippen LogP contribution in [-0.2, 0) is 0 Å². The molecule has 1 aliphatic carbocycles. The first-order chi connectivity index (χ1) is 6.86. The molecular formula is C13H25Br. The Bertz CT molecular complexity index is 125. The summed E-state index contributed by atoms with van der Waals surface area (Å²) >= 11 is 3.60. The van der Waals surface area contributed by atoms with Gasteiger partial charge in [-0.15, -0.1) is 0 Å². The molecule has 0 aromatic heterocycles. The van der Waals surface area contributed by atoms with E-state index in [9.17, 15) is 0 Å². The largest absolute Gasteiger partial charge is 0.0925 e. The smallest absolute Gasteiger partial charge is 0.00596 e. The second kappa shape index (κ2) is 7.73. The average Bonchev–Trinajstić information content (AvgIpc) is 2.25. The third kappa shape index (κ3) is 4.82. The summed E-state index contributed by atoms with van der Waals surface area (Å²) in [7, 11) is 0. The number of hydrogen-bond acceptors (Lipinski definition) is 0. The van der Waals surface area contributed by atoms with Gasteiger partial charge in [-0.2, -0.15) is 0 Å². The van der Waals surface area contributed by atoms with Gasteiger partial charge in [0.1, 0.15) is 0 Å². The van der Waals surface area contributed by atoms with Crippen LogP contribution in [0.2, 0.25) is 0 Å². The van der Waals surface area contributed by atoms with E-state index in [1.165, 1.54) is 63.1 Å². The quantitative estimate of drug-likeness (QED) is 0.457. The first-order valence-electron chi connectivity index (χ1n) is 6.42. The maximum absolute atomic E-state index is 3.60. The zero-order valence-electron chi connectivity index (χ0n) is 9.60. The monoisotopic (exact) mass is 260 g/mol. The normalized spacial score (nSPS) is 27.9. The summed E-state index contributed by atoms with van der Waals surface area (Å²) in [4.78, 5) is 0. The molecule has 0 aromatic carbocycles. The van der Waals surface area contributed by atoms with Crippen molar-refractivity contribution in [3.8, 4) is 0 Å². The van der Waals surface area contributed by atoms with Crippen molar-refractivity contribution in [3.05, 3.63) is 0 Å². The molecule has 1 rings (SSSR count). The molecule has 0 bridgehead atoms. The second-order valence-electron chi connectivity index (χ2n) is 4.89. The van der Waals surface area contributed by atoms with Gasteiger partial charge in [0, 0.05) is 5.33 Å². The zero-order valence-corrected chi connectivity index (χ0v) is 11.2. The van der Waals surface area contributed by atoms with E-state index in [1.54, 1.807) is 0 Å². The zero-order chi connectivity index (χ0) is 10.2. The average molecular weight is 261 g/mol. The molecular weight excluding hydrogens is 236 g/mol. The molecule has 0 spiro atoms. The van der Waals surface area contributed by atoms with Crippen molar-refractivity contribution >= 4 is 15.9 Å². The summed E-state index contributed by atoms with van der Waals surface area (Å²) in [6.45, 7) is 2.29. The fourth-order valence-electron chi connectivity index (χ4n) is 2.53. The maximum atomic E-state index is 3.60. The number of unbranched alkanes of at least 4 members (excludes halogenated alkanes) is 3. The molecule has 0 nitrogen and oxygen atoms in total. The highest BCUT2D eigenvalue weighted by molar-refractivity contribution is 9.09. The lowest BCUT2D eigenvalue weighted by atomic mass is 9.80. The van der Waals surface area contributed by atoms with Gasteiger partial charge in [0.05, 0.1) is 0 Å². The van der Waals surface area contributed by atoms with Crippen LogP contribution in [0.1, 0.15) is 64.7 Å². The fourth-order valence-corrected chi connectivity index (χ4v) is 3.18. The Kier molecular flexibility index (Phi) is 6.93. The van der Waals surface area contributed by atoms with Crippen LogP contribution in [0.25, 0.3) is 0 Å². The molecule has 14 heavy (non-hydrogen) atoms. The number of halogens is 1. The van der Waals surface area contributed by atoms with Crippen molar-refractivity contribution in [3.63, 3.8) is 0 Å². The Morgan fingerprint density at radius 3 is 2.14 bits per heavy atom. The van der Waals surface area contributed by atoms with E-state index in [2.05, 4.69) is 22.9 Å². The molecule has 0 aliphatic heterocycles. The Hall–Kier alpha value is 0.480. The molecule has 0 amide bonds. The van der Waals surface area contributed by atoms with Crippen LogP contribution in [0.3, 0.4) is 0 Å². The van der Waals surface area contributed by atoms with Crippen LogP contribution in [0.4, 0.5) is 0 Å². The molecule has 1 saturated carbocycles. The molecule has 0 heterocycles. The van der Waals surface area contributed by atoms with Gasteiger partial charge in [0.15, 0.2) is 0 Å². The second-order valence-corrected chi connectivity index (χ2v) is 5.54. The van der Waals surface area contributed by atoms with Gasteiger partial charge in [-0.3, -0.25) is 0 Å². The van der Waals surface area contributed by atoms with Crippen molar-refractivity contribution in [1.29, 1.82) is 0 Å². The summed E-state index contributed by atoms with van der Waals surface area (Å²) in [6, 6.07) is 0. The highest BCUT2D eigenvalue weighted by Crippen LogP contribution is 2.32. The Balaban J connectivity index is 1.98. The fraction of sp³-hybridized carbons (Fsp3) is 1.00. The van der Waals surface area contributed by atoms with Gasteiger partial charge in [0.25, 0.3) is 0 Å². The standard InChI is InChI=1S/C13H25Br/c1-2-3-4-5-6-12-7-9-13(11-14)10-8-12/h12-13H,2-11H2,1H3. The first-order valence-corrected chi connectivity index (χ1v) is 7.55. The summed E-state index contributed by atoms with van der Waals surface area (Å²) in [6.07, 6.45) is 13.2. The molecule has 1 heteroatoms. The minimum absolute atomic E-state index is 0.988. The van der Waals surface area contributed by atoms with E-state index in [0.717, 1.165) is 11.8 Å². The van der Waals surface area contributed by atoms with Gasteiger partial charge in [0.2, 0.25) is 0 Å². The minimum Gasteiger partial charge on any atom is -0.0925 e. The molecule has 0 aromatic rings. The van der Waals surface area contributed by atoms with Crippen LogP contribution in [-0.4, -0.2) is 5.33 Å². The van der Waals surface area contributed by atoms with Gasteiger partial charge in [-0.25, -0.2) is 0 Å². The number of rotatable bonds is 6. The van der Waals surface area contributed by atoms with Crippen LogP contribution in [0, 0.1) is 11.8 Å². The van der Waals surface area contributed by atoms with Crippen molar-refractivity contribution in [2.45, 2.75) is 64.7 Å². The molecule has 0 unspecified atom stereocenters. The third-order valence-corrected chi connectivity index (χ3v) is 4.57. The molecule has 0 N–H and O–H groups in total.